The summed E-state index contributed by atoms with van der Waals surface area (Å²) in [5, 5.41) is 20.6. The van der Waals surface area contributed by atoms with Crippen molar-refractivity contribution in [1.29, 1.82) is 0 Å². The average molecular weight is 251 g/mol. The Morgan fingerprint density at radius 3 is 2.17 bits per heavy atom. The number of hydrogen-bond acceptors (Lipinski definition) is 3. The van der Waals surface area contributed by atoms with Crippen LogP contribution < -0.4 is 5.32 Å². The Bertz CT molecular complexity index is 482. The largest absolute Gasteiger partial charge is 0.478 e. The lowest BCUT2D eigenvalue weighted by Gasteiger charge is -2.15. The summed E-state index contributed by atoms with van der Waals surface area (Å²) in [6.07, 6.45) is 0. The molecule has 3 N–H and O–H groups in total. The Hall–Kier alpha value is -1.88. The van der Waals surface area contributed by atoms with Gasteiger partial charge in [0, 0.05) is 6.04 Å². The first-order valence-corrected chi connectivity index (χ1v) is 5.63. The quantitative estimate of drug-likeness (QED) is 0.748. The highest BCUT2D eigenvalue weighted by molar-refractivity contribution is 6.06. The zero-order valence-corrected chi connectivity index (χ0v) is 10.7. The Labute approximate surface area is 105 Å². The zero-order valence-electron chi connectivity index (χ0n) is 10.7. The maximum Gasteiger partial charge on any atom is 0.336 e. The number of benzene rings is 1. The standard InChI is InChI=1S/C13H17NO4/c1-7-4-5-8(2)11(13(17)18)10(7)12(16)14-9(3)6-15/h4-5,9,15H,6H2,1-3H3,(H,14,16)(H,17,18)/t9-/m0/s1. The van der Waals surface area contributed by atoms with Crippen molar-refractivity contribution in [2.24, 2.45) is 0 Å². The molecule has 1 atom stereocenters. The van der Waals surface area contributed by atoms with E-state index in [9.17, 15) is 14.7 Å². The topological polar surface area (TPSA) is 86.6 Å². The second-order valence-corrected chi connectivity index (χ2v) is 4.31. The Balaban J connectivity index is 3.26. The lowest BCUT2D eigenvalue weighted by atomic mass is 9.96. The first-order chi connectivity index (χ1) is 8.38. The van der Waals surface area contributed by atoms with Gasteiger partial charge in [-0.05, 0) is 31.9 Å². The number of hydrogen-bond donors (Lipinski definition) is 3. The van der Waals surface area contributed by atoms with E-state index in [4.69, 9.17) is 5.11 Å². The highest BCUT2D eigenvalue weighted by Crippen LogP contribution is 2.19. The summed E-state index contributed by atoms with van der Waals surface area (Å²) in [4.78, 5) is 23.3. The summed E-state index contributed by atoms with van der Waals surface area (Å²) in [5.74, 6) is -1.60. The molecule has 0 unspecified atom stereocenters. The minimum absolute atomic E-state index is 0.0117. The van der Waals surface area contributed by atoms with E-state index >= 15 is 0 Å². The zero-order chi connectivity index (χ0) is 13.9. The minimum atomic E-state index is -1.13. The number of aromatic carboxylic acids is 1. The molecule has 1 rings (SSSR count). The molecule has 0 bridgehead atoms. The van der Waals surface area contributed by atoms with Crippen LogP contribution in [0.1, 0.15) is 38.8 Å². The van der Waals surface area contributed by atoms with Crippen LogP contribution in [-0.4, -0.2) is 34.7 Å². The smallest absolute Gasteiger partial charge is 0.336 e. The summed E-state index contributed by atoms with van der Waals surface area (Å²) in [6, 6.07) is 2.96. The van der Waals surface area contributed by atoms with Crippen molar-refractivity contribution in [2.75, 3.05) is 6.61 Å². The maximum absolute atomic E-state index is 12.0. The van der Waals surface area contributed by atoms with Gasteiger partial charge < -0.3 is 15.5 Å². The number of aliphatic hydroxyl groups is 1. The van der Waals surface area contributed by atoms with Gasteiger partial charge in [-0.15, -0.1) is 0 Å². The van der Waals surface area contributed by atoms with E-state index in [-0.39, 0.29) is 17.7 Å². The number of carboxylic acid groups (broad SMARTS) is 1. The van der Waals surface area contributed by atoms with Gasteiger partial charge in [0.05, 0.1) is 17.7 Å². The third-order valence-corrected chi connectivity index (χ3v) is 2.71. The summed E-state index contributed by atoms with van der Waals surface area (Å²) in [7, 11) is 0. The molecule has 0 heterocycles. The van der Waals surface area contributed by atoms with E-state index in [2.05, 4.69) is 5.32 Å². The van der Waals surface area contributed by atoms with Gasteiger partial charge in [0.25, 0.3) is 5.91 Å². The van der Waals surface area contributed by atoms with Crippen molar-refractivity contribution < 1.29 is 19.8 Å². The van der Waals surface area contributed by atoms with Crippen LogP contribution in [0.15, 0.2) is 12.1 Å². The van der Waals surface area contributed by atoms with E-state index in [1.807, 2.05) is 0 Å². The summed E-state index contributed by atoms with van der Waals surface area (Å²) in [5.41, 5.74) is 1.30. The number of nitrogens with one attached hydrogen (secondary N) is 1. The third kappa shape index (κ3) is 2.87. The molecule has 18 heavy (non-hydrogen) atoms. The fourth-order valence-electron chi connectivity index (χ4n) is 1.72. The molecule has 0 radical (unpaired) electrons. The van der Waals surface area contributed by atoms with Crippen LogP contribution in [-0.2, 0) is 0 Å². The van der Waals surface area contributed by atoms with E-state index in [0.717, 1.165) is 0 Å². The van der Waals surface area contributed by atoms with Crippen molar-refractivity contribution in [1.82, 2.24) is 5.32 Å². The van der Waals surface area contributed by atoms with E-state index in [0.29, 0.717) is 11.1 Å². The highest BCUT2D eigenvalue weighted by atomic mass is 16.4. The van der Waals surface area contributed by atoms with Crippen molar-refractivity contribution >= 4 is 11.9 Å². The number of carboxylic acids is 1. The molecule has 1 aromatic rings. The van der Waals surface area contributed by atoms with Crippen LogP contribution in [0.25, 0.3) is 0 Å². The van der Waals surface area contributed by atoms with Crippen LogP contribution in [0.3, 0.4) is 0 Å². The van der Waals surface area contributed by atoms with Crippen molar-refractivity contribution in [3.63, 3.8) is 0 Å². The number of aryl methyl sites for hydroxylation is 2. The second kappa shape index (κ2) is 5.64. The van der Waals surface area contributed by atoms with E-state index in [1.165, 1.54) is 0 Å². The SMILES string of the molecule is Cc1ccc(C)c(C(=O)N[C@@H](C)CO)c1C(=O)O. The molecule has 0 aliphatic heterocycles. The van der Waals surface area contributed by atoms with E-state index < -0.39 is 17.9 Å². The molecule has 0 aromatic heterocycles. The summed E-state index contributed by atoms with van der Waals surface area (Å²) in [6.45, 7) is 4.78. The molecule has 5 heteroatoms. The molecule has 0 spiro atoms. The van der Waals surface area contributed by atoms with Crippen molar-refractivity contribution in [2.45, 2.75) is 26.8 Å². The van der Waals surface area contributed by atoms with Gasteiger partial charge in [-0.25, -0.2) is 4.79 Å². The number of rotatable bonds is 4. The highest BCUT2D eigenvalue weighted by Gasteiger charge is 2.21. The first-order valence-electron chi connectivity index (χ1n) is 5.63. The maximum atomic E-state index is 12.0. The van der Waals surface area contributed by atoms with Gasteiger partial charge in [0.1, 0.15) is 0 Å². The van der Waals surface area contributed by atoms with E-state index in [1.54, 1.807) is 32.9 Å². The molecule has 0 aliphatic carbocycles. The fourth-order valence-corrected chi connectivity index (χ4v) is 1.72. The van der Waals surface area contributed by atoms with Crippen LogP contribution in [0.4, 0.5) is 0 Å². The normalized spacial score (nSPS) is 12.0. The van der Waals surface area contributed by atoms with Crippen molar-refractivity contribution in [3.05, 3.63) is 34.4 Å². The number of carbonyl (C=O) groups excluding carboxylic acids is 1. The lowest BCUT2D eigenvalue weighted by Crippen LogP contribution is -2.36. The lowest BCUT2D eigenvalue weighted by molar-refractivity contribution is 0.0689. The van der Waals surface area contributed by atoms with Crippen LogP contribution >= 0.6 is 0 Å². The molecular weight excluding hydrogens is 234 g/mol. The first kappa shape index (κ1) is 14.2. The average Bonchev–Trinajstić information content (AvgIpc) is 2.30. The third-order valence-electron chi connectivity index (χ3n) is 2.71. The Kier molecular flexibility index (Phi) is 4.44. The molecule has 5 nitrogen and oxygen atoms in total. The number of aliphatic hydroxyl groups excluding tert-OH is 1. The molecule has 1 aromatic carbocycles. The predicted octanol–water partition coefficient (Wildman–Crippen LogP) is 1.11. The van der Waals surface area contributed by atoms with Crippen LogP contribution in [0, 0.1) is 13.8 Å². The number of carbonyl (C=O) groups is 2. The second-order valence-electron chi connectivity index (χ2n) is 4.31. The Morgan fingerprint density at radius 2 is 1.72 bits per heavy atom. The van der Waals surface area contributed by atoms with Gasteiger partial charge in [-0.3, -0.25) is 4.79 Å². The molecule has 98 valence electrons. The van der Waals surface area contributed by atoms with Gasteiger partial charge in [0.2, 0.25) is 0 Å². The minimum Gasteiger partial charge on any atom is -0.478 e. The molecule has 0 aliphatic rings. The Morgan fingerprint density at radius 1 is 1.22 bits per heavy atom. The fraction of sp³-hybridized carbons (Fsp3) is 0.385. The predicted molar refractivity (Wildman–Crippen MR) is 66.9 cm³/mol. The van der Waals surface area contributed by atoms with Crippen LogP contribution in [0.5, 0.6) is 0 Å². The van der Waals surface area contributed by atoms with Gasteiger partial charge in [0.15, 0.2) is 0 Å². The molecule has 1 amide bonds. The molecule has 0 saturated carbocycles. The van der Waals surface area contributed by atoms with Gasteiger partial charge >= 0.3 is 5.97 Å². The van der Waals surface area contributed by atoms with Crippen LogP contribution in [0.2, 0.25) is 0 Å². The summed E-state index contributed by atoms with van der Waals surface area (Å²) < 4.78 is 0. The molecule has 0 saturated heterocycles. The number of amides is 1. The van der Waals surface area contributed by atoms with Gasteiger partial charge in [-0.1, -0.05) is 12.1 Å². The summed E-state index contributed by atoms with van der Waals surface area (Å²) >= 11 is 0. The van der Waals surface area contributed by atoms with Crippen molar-refractivity contribution in [3.8, 4) is 0 Å². The molecule has 0 fully saturated rings. The van der Waals surface area contributed by atoms with Gasteiger partial charge in [-0.2, -0.15) is 0 Å². The monoisotopic (exact) mass is 251 g/mol. The molecular formula is C13H17NO4.